The first-order valence-electron chi connectivity index (χ1n) is 13.3. The molecule has 0 unspecified atom stereocenters. The van der Waals surface area contributed by atoms with Crippen LogP contribution in [-0.4, -0.2) is 59.5 Å². The smallest absolute Gasteiger partial charge is 0.236 e. The van der Waals surface area contributed by atoms with Gasteiger partial charge in [-0.15, -0.1) is 0 Å². The van der Waals surface area contributed by atoms with Crippen LogP contribution in [0.2, 0.25) is 0 Å². The molecule has 0 radical (unpaired) electrons. The topological polar surface area (TPSA) is 45.7 Å². The first kappa shape index (κ1) is 22.9. The third kappa shape index (κ3) is 4.84. The van der Waals surface area contributed by atoms with Crippen molar-refractivity contribution in [2.75, 3.05) is 26.7 Å². The molecule has 33 heavy (non-hydrogen) atoms. The van der Waals surface area contributed by atoms with Crippen molar-refractivity contribution in [2.45, 2.75) is 90.2 Å². The van der Waals surface area contributed by atoms with Crippen LogP contribution in [-0.2, 0) is 11.2 Å². The molecular formula is C28H41N3O2. The Labute approximate surface area is 199 Å². The number of allylic oxidation sites excluding steroid dienone is 2. The number of aromatic nitrogens is 1. The lowest BCUT2D eigenvalue weighted by Gasteiger charge is -2.35. The number of likely N-dealkylation sites (N-methyl/N-ethyl adjacent to an activating group) is 1. The van der Waals surface area contributed by atoms with E-state index in [1.807, 2.05) is 11.1 Å². The second-order valence-corrected chi connectivity index (χ2v) is 11.2. The zero-order valence-electron chi connectivity index (χ0n) is 20.8. The molecule has 5 nitrogen and oxygen atoms in total. The molecule has 1 aromatic rings. The van der Waals surface area contributed by atoms with Crippen LogP contribution < -0.4 is 4.74 Å². The Morgan fingerprint density at radius 3 is 2.67 bits per heavy atom. The Bertz CT molecular complexity index is 894. The van der Waals surface area contributed by atoms with Gasteiger partial charge in [0.2, 0.25) is 5.91 Å². The highest BCUT2D eigenvalue weighted by atomic mass is 16.5. The predicted molar refractivity (Wildman–Crippen MR) is 132 cm³/mol. The number of carbonyl (C=O) groups excluding carboxylic acids is 1. The molecular weight excluding hydrogens is 410 g/mol. The Balaban J connectivity index is 1.19. The number of ether oxygens (including phenoxy) is 1. The summed E-state index contributed by atoms with van der Waals surface area (Å²) in [6.45, 7) is 7.12. The summed E-state index contributed by atoms with van der Waals surface area (Å²) in [4.78, 5) is 21.6. The maximum Gasteiger partial charge on any atom is 0.236 e. The molecule has 5 rings (SSSR count). The maximum absolute atomic E-state index is 12.5. The standard InChI is InChI=1S/C28H41N3O2/c1-19(2)16-20-6-7-21-17-24-28(27(20)21)25(12-13-29-24)33-23-10-8-22(9-11-23)30(3)18-26(32)31-14-4-5-15-31/h12-13,19-20,22-23H,4-11,14-18H2,1-3H3/t20-,22?,23?/m1/s1. The first-order valence-corrected chi connectivity index (χ1v) is 13.3. The van der Waals surface area contributed by atoms with Gasteiger partial charge < -0.3 is 9.64 Å². The van der Waals surface area contributed by atoms with Crippen molar-refractivity contribution in [3.05, 3.63) is 29.1 Å². The van der Waals surface area contributed by atoms with Gasteiger partial charge in [-0.25, -0.2) is 0 Å². The fourth-order valence-electron chi connectivity index (χ4n) is 6.69. The Kier molecular flexibility index (Phi) is 6.78. The summed E-state index contributed by atoms with van der Waals surface area (Å²) >= 11 is 0. The van der Waals surface area contributed by atoms with Crippen molar-refractivity contribution in [2.24, 2.45) is 11.8 Å². The molecule has 2 fully saturated rings. The summed E-state index contributed by atoms with van der Waals surface area (Å²) in [6.07, 6.45) is 13.7. The predicted octanol–water partition coefficient (Wildman–Crippen LogP) is 5.09. The molecule has 0 N–H and O–H groups in total. The van der Waals surface area contributed by atoms with E-state index >= 15 is 0 Å². The minimum Gasteiger partial charge on any atom is -0.490 e. The number of pyridine rings is 1. The maximum atomic E-state index is 12.5. The largest absolute Gasteiger partial charge is 0.490 e. The summed E-state index contributed by atoms with van der Waals surface area (Å²) in [6, 6.07) is 2.59. The minimum atomic E-state index is 0.269. The van der Waals surface area contributed by atoms with E-state index in [2.05, 4.69) is 31.9 Å². The summed E-state index contributed by atoms with van der Waals surface area (Å²) in [5.41, 5.74) is 5.77. The summed E-state index contributed by atoms with van der Waals surface area (Å²) in [5, 5.41) is 0. The van der Waals surface area contributed by atoms with Crippen molar-refractivity contribution < 1.29 is 9.53 Å². The molecule has 180 valence electrons. The van der Waals surface area contributed by atoms with E-state index in [4.69, 9.17) is 9.72 Å². The van der Waals surface area contributed by atoms with Crippen LogP contribution in [0.3, 0.4) is 0 Å². The summed E-state index contributed by atoms with van der Waals surface area (Å²) < 4.78 is 6.68. The second-order valence-electron chi connectivity index (χ2n) is 11.2. The van der Waals surface area contributed by atoms with Gasteiger partial charge in [-0.2, -0.15) is 0 Å². The van der Waals surface area contributed by atoms with E-state index in [9.17, 15) is 4.79 Å². The van der Waals surface area contributed by atoms with Crippen molar-refractivity contribution in [1.82, 2.24) is 14.8 Å². The van der Waals surface area contributed by atoms with Gasteiger partial charge >= 0.3 is 0 Å². The number of fused-ring (bicyclic) bond motifs is 2. The third-order valence-electron chi connectivity index (χ3n) is 8.39. The van der Waals surface area contributed by atoms with E-state index in [-0.39, 0.29) is 6.10 Å². The number of carbonyl (C=O) groups is 1. The van der Waals surface area contributed by atoms with Gasteiger partial charge in [-0.1, -0.05) is 19.4 Å². The van der Waals surface area contributed by atoms with E-state index in [0.717, 1.165) is 69.7 Å². The second kappa shape index (κ2) is 9.77. The minimum absolute atomic E-state index is 0.269. The average molecular weight is 452 g/mol. The zero-order chi connectivity index (χ0) is 22.9. The highest BCUT2D eigenvalue weighted by Gasteiger charge is 2.36. The highest BCUT2D eigenvalue weighted by Crippen LogP contribution is 2.51. The van der Waals surface area contributed by atoms with E-state index in [1.165, 1.54) is 30.5 Å². The number of hydrogen-bond donors (Lipinski definition) is 0. The van der Waals surface area contributed by atoms with Crippen LogP contribution in [0.1, 0.15) is 82.9 Å². The van der Waals surface area contributed by atoms with Crippen LogP contribution in [0.25, 0.3) is 5.57 Å². The summed E-state index contributed by atoms with van der Waals surface area (Å²) in [7, 11) is 2.12. The zero-order valence-corrected chi connectivity index (χ0v) is 20.8. The van der Waals surface area contributed by atoms with Crippen molar-refractivity contribution in [3.63, 3.8) is 0 Å². The molecule has 3 aliphatic carbocycles. The molecule has 4 aliphatic rings. The molecule has 5 heteroatoms. The summed E-state index contributed by atoms with van der Waals surface area (Å²) in [5.74, 6) is 2.76. The van der Waals surface area contributed by atoms with Crippen molar-refractivity contribution in [1.29, 1.82) is 0 Å². The van der Waals surface area contributed by atoms with E-state index in [0.29, 0.717) is 24.4 Å². The molecule has 1 amide bonds. The quantitative estimate of drug-likeness (QED) is 0.579. The normalized spacial score (nSPS) is 26.9. The molecule has 2 heterocycles. The van der Waals surface area contributed by atoms with Crippen LogP contribution in [0.5, 0.6) is 5.75 Å². The SMILES string of the molecule is CC(C)C[C@H]1CCC2=C1c1c(OC3CCC(N(C)CC(=O)N4CCCC4)CC3)ccnc1C2. The van der Waals surface area contributed by atoms with Gasteiger partial charge in [-0.05, 0) is 88.3 Å². The van der Waals surface area contributed by atoms with Gasteiger partial charge in [0.1, 0.15) is 5.75 Å². The first-order chi connectivity index (χ1) is 16.0. The van der Waals surface area contributed by atoms with Crippen molar-refractivity contribution in [3.8, 4) is 5.75 Å². The fraction of sp³-hybridized carbons (Fsp3) is 0.714. The number of hydrogen-bond acceptors (Lipinski definition) is 4. The molecule has 1 saturated carbocycles. The third-order valence-corrected chi connectivity index (χ3v) is 8.39. The Morgan fingerprint density at radius 2 is 1.94 bits per heavy atom. The lowest BCUT2D eigenvalue weighted by Crippen LogP contribution is -2.44. The molecule has 1 atom stereocenters. The van der Waals surface area contributed by atoms with Crippen LogP contribution in [0, 0.1) is 11.8 Å². The number of rotatable bonds is 7. The lowest BCUT2D eigenvalue weighted by molar-refractivity contribution is -0.131. The van der Waals surface area contributed by atoms with Crippen LogP contribution in [0.4, 0.5) is 0 Å². The van der Waals surface area contributed by atoms with Gasteiger partial charge in [0.15, 0.2) is 0 Å². The van der Waals surface area contributed by atoms with Gasteiger partial charge in [-0.3, -0.25) is 14.7 Å². The van der Waals surface area contributed by atoms with Crippen LogP contribution in [0.15, 0.2) is 17.8 Å². The molecule has 1 aliphatic heterocycles. The molecule has 1 saturated heterocycles. The lowest BCUT2D eigenvalue weighted by atomic mass is 9.88. The number of nitrogens with zero attached hydrogens (tertiary/aromatic N) is 3. The molecule has 1 aromatic heterocycles. The fourth-order valence-corrected chi connectivity index (χ4v) is 6.69. The number of amides is 1. The van der Waals surface area contributed by atoms with E-state index in [1.54, 1.807) is 11.1 Å². The number of likely N-dealkylation sites (tertiary alicyclic amines) is 1. The van der Waals surface area contributed by atoms with E-state index < -0.39 is 0 Å². The molecule has 0 bridgehead atoms. The Morgan fingerprint density at radius 1 is 1.18 bits per heavy atom. The molecule has 0 aromatic carbocycles. The average Bonchev–Trinajstić information content (AvgIpc) is 3.52. The van der Waals surface area contributed by atoms with Crippen molar-refractivity contribution >= 4 is 11.5 Å². The Hall–Kier alpha value is -1.88. The molecule has 0 spiro atoms. The highest BCUT2D eigenvalue weighted by molar-refractivity contribution is 5.82. The van der Waals surface area contributed by atoms with Gasteiger partial charge in [0.05, 0.1) is 18.3 Å². The monoisotopic (exact) mass is 451 g/mol. The van der Waals surface area contributed by atoms with Gasteiger partial charge in [0, 0.05) is 37.3 Å². The van der Waals surface area contributed by atoms with Gasteiger partial charge in [0.25, 0.3) is 0 Å². The van der Waals surface area contributed by atoms with Crippen LogP contribution >= 0.6 is 0 Å².